The highest BCUT2D eigenvalue weighted by atomic mass is 79.9. The molecule has 1 aliphatic rings. The van der Waals surface area contributed by atoms with Crippen molar-refractivity contribution in [2.45, 2.75) is 13.0 Å². The molecule has 0 unspecified atom stereocenters. The van der Waals surface area contributed by atoms with Crippen molar-refractivity contribution in [2.24, 2.45) is 0 Å². The van der Waals surface area contributed by atoms with E-state index in [0.29, 0.717) is 34.1 Å². The topological polar surface area (TPSA) is 112 Å². The van der Waals surface area contributed by atoms with Crippen LogP contribution in [0.5, 0.6) is 11.5 Å². The lowest BCUT2D eigenvalue weighted by Gasteiger charge is -2.06. The van der Waals surface area contributed by atoms with E-state index in [2.05, 4.69) is 31.1 Å². The Morgan fingerprint density at radius 2 is 1.86 bits per heavy atom. The summed E-state index contributed by atoms with van der Waals surface area (Å²) in [6.45, 7) is 0.183. The van der Waals surface area contributed by atoms with Gasteiger partial charge in [-0.05, 0) is 30.3 Å². The zero-order chi connectivity index (χ0) is 20.0. The number of hydrogen-bond donors (Lipinski definition) is 1. The van der Waals surface area contributed by atoms with Crippen LogP contribution in [-0.4, -0.2) is 26.5 Å². The molecule has 2 aromatic heterocycles. The van der Waals surface area contributed by atoms with Crippen molar-refractivity contribution < 1.29 is 14.0 Å². The van der Waals surface area contributed by atoms with E-state index in [1.807, 2.05) is 24.3 Å². The Morgan fingerprint density at radius 3 is 2.66 bits per heavy atom. The van der Waals surface area contributed by atoms with E-state index in [-0.39, 0.29) is 19.8 Å². The van der Waals surface area contributed by atoms with Crippen LogP contribution < -0.4 is 20.7 Å². The smallest absolute Gasteiger partial charge is 0.328 e. The van der Waals surface area contributed by atoms with Gasteiger partial charge in [0.25, 0.3) is 5.56 Å². The van der Waals surface area contributed by atoms with Crippen LogP contribution in [0.1, 0.15) is 5.89 Å². The summed E-state index contributed by atoms with van der Waals surface area (Å²) in [5.74, 6) is 1.75. The van der Waals surface area contributed by atoms with Gasteiger partial charge in [-0.2, -0.15) is 4.98 Å². The molecule has 1 aliphatic heterocycles. The molecule has 5 rings (SSSR count). The van der Waals surface area contributed by atoms with Crippen LogP contribution in [0.15, 0.2) is 55.0 Å². The van der Waals surface area contributed by atoms with Gasteiger partial charge < -0.3 is 19.0 Å². The van der Waals surface area contributed by atoms with Crippen molar-refractivity contribution in [3.8, 4) is 22.9 Å². The maximum Gasteiger partial charge on any atom is 0.328 e. The van der Waals surface area contributed by atoms with Gasteiger partial charge in [0.05, 0.1) is 10.9 Å². The number of hydrogen-bond acceptors (Lipinski definition) is 7. The number of H-pyrrole nitrogens is 1. The highest BCUT2D eigenvalue weighted by Crippen LogP contribution is 2.34. The van der Waals surface area contributed by atoms with Crippen LogP contribution in [-0.2, 0) is 13.0 Å². The Labute approximate surface area is 171 Å². The third kappa shape index (κ3) is 3.21. The van der Waals surface area contributed by atoms with Crippen LogP contribution in [0.4, 0.5) is 0 Å². The van der Waals surface area contributed by atoms with E-state index in [1.54, 1.807) is 12.1 Å². The molecule has 4 aromatic rings. The molecule has 9 nitrogen and oxygen atoms in total. The number of fused-ring (bicyclic) bond motifs is 2. The Kier molecular flexibility index (Phi) is 4.20. The highest BCUT2D eigenvalue weighted by Gasteiger charge is 2.18. The van der Waals surface area contributed by atoms with Crippen LogP contribution in [0, 0.1) is 0 Å². The molecule has 0 bridgehead atoms. The van der Waals surface area contributed by atoms with Gasteiger partial charge >= 0.3 is 5.69 Å². The van der Waals surface area contributed by atoms with Gasteiger partial charge in [0.1, 0.15) is 0 Å². The van der Waals surface area contributed by atoms with Gasteiger partial charge in [0.2, 0.25) is 18.5 Å². The fraction of sp³-hybridized carbons (Fsp3) is 0.158. The fourth-order valence-electron chi connectivity index (χ4n) is 3.13. The van der Waals surface area contributed by atoms with Gasteiger partial charge in [0, 0.05) is 29.1 Å². The minimum atomic E-state index is -0.519. The largest absolute Gasteiger partial charge is 0.454 e. The summed E-state index contributed by atoms with van der Waals surface area (Å²) < 4.78 is 17.9. The van der Waals surface area contributed by atoms with E-state index in [9.17, 15) is 9.59 Å². The summed E-state index contributed by atoms with van der Waals surface area (Å²) in [4.78, 5) is 32.2. The SMILES string of the molecule is O=c1[nH]c2cc3c(cc2c(=O)n1CCc1nc(-c2ccc(Br)cc2)no1)OCO3. The molecule has 0 saturated carbocycles. The lowest BCUT2D eigenvalue weighted by atomic mass is 10.2. The number of rotatable bonds is 4. The monoisotopic (exact) mass is 456 g/mol. The van der Waals surface area contributed by atoms with Crippen molar-refractivity contribution in [3.63, 3.8) is 0 Å². The van der Waals surface area contributed by atoms with Crippen molar-refractivity contribution in [2.75, 3.05) is 6.79 Å². The predicted octanol–water partition coefficient (Wildman–Crippen LogP) is 2.47. The number of aromatic amines is 1. The highest BCUT2D eigenvalue weighted by molar-refractivity contribution is 9.10. The second kappa shape index (κ2) is 6.89. The van der Waals surface area contributed by atoms with E-state index in [1.165, 1.54) is 0 Å². The molecule has 1 N–H and O–H groups in total. The number of nitrogens with zero attached hydrogens (tertiary/aromatic N) is 3. The molecular formula is C19H13BrN4O5. The first-order valence-corrected chi connectivity index (χ1v) is 9.53. The normalized spacial score (nSPS) is 12.6. The van der Waals surface area contributed by atoms with Gasteiger partial charge in [-0.15, -0.1) is 0 Å². The van der Waals surface area contributed by atoms with Crippen LogP contribution in [0.3, 0.4) is 0 Å². The summed E-state index contributed by atoms with van der Waals surface area (Å²) in [6, 6.07) is 10.6. The average Bonchev–Trinajstić information content (AvgIpc) is 3.36. The minimum Gasteiger partial charge on any atom is -0.454 e. The third-order valence-corrected chi connectivity index (χ3v) is 5.12. The zero-order valence-corrected chi connectivity index (χ0v) is 16.4. The first-order valence-electron chi connectivity index (χ1n) is 8.73. The molecule has 2 aromatic carbocycles. The Bertz CT molecular complexity index is 1340. The lowest BCUT2D eigenvalue weighted by Crippen LogP contribution is -2.35. The molecule has 0 aliphatic carbocycles. The Morgan fingerprint density at radius 1 is 1.10 bits per heavy atom. The third-order valence-electron chi connectivity index (χ3n) is 4.59. The second-order valence-corrected chi connectivity index (χ2v) is 7.32. The van der Waals surface area contributed by atoms with Crippen molar-refractivity contribution >= 4 is 26.8 Å². The molecule has 29 heavy (non-hydrogen) atoms. The van der Waals surface area contributed by atoms with Crippen molar-refractivity contribution in [3.05, 3.63) is 67.6 Å². The standard InChI is InChI=1S/C19H13BrN4O5/c20-11-3-1-10(2-4-11)17-22-16(29-23-17)5-6-24-18(25)12-7-14-15(28-9-27-14)8-13(12)21-19(24)26/h1-4,7-8H,5-6,9H2,(H,21,26). The number of benzene rings is 2. The van der Waals surface area contributed by atoms with Gasteiger partial charge in [-0.25, -0.2) is 4.79 Å². The predicted molar refractivity (Wildman–Crippen MR) is 106 cm³/mol. The van der Waals surface area contributed by atoms with Crippen molar-refractivity contribution in [1.29, 1.82) is 0 Å². The maximum atomic E-state index is 12.8. The van der Waals surface area contributed by atoms with Gasteiger partial charge in [-0.1, -0.05) is 21.1 Å². The lowest BCUT2D eigenvalue weighted by molar-refractivity contribution is 0.174. The number of ether oxygens (including phenoxy) is 2. The van der Waals surface area contributed by atoms with E-state index in [0.717, 1.165) is 14.6 Å². The van der Waals surface area contributed by atoms with Crippen molar-refractivity contribution in [1.82, 2.24) is 19.7 Å². The molecule has 146 valence electrons. The summed E-state index contributed by atoms with van der Waals surface area (Å²) in [5.41, 5.74) is 0.263. The fourth-order valence-corrected chi connectivity index (χ4v) is 3.39. The van der Waals surface area contributed by atoms with E-state index >= 15 is 0 Å². The molecule has 0 spiro atoms. The zero-order valence-electron chi connectivity index (χ0n) is 14.8. The van der Waals surface area contributed by atoms with Crippen LogP contribution >= 0.6 is 15.9 Å². The summed E-state index contributed by atoms with van der Waals surface area (Å²) >= 11 is 3.38. The molecule has 3 heterocycles. The molecule has 0 radical (unpaired) electrons. The Hall–Kier alpha value is -3.40. The molecule has 0 fully saturated rings. The quantitative estimate of drug-likeness (QED) is 0.501. The average molecular weight is 457 g/mol. The van der Waals surface area contributed by atoms with Gasteiger partial charge in [-0.3, -0.25) is 9.36 Å². The van der Waals surface area contributed by atoms with Crippen LogP contribution in [0.2, 0.25) is 0 Å². The second-order valence-electron chi connectivity index (χ2n) is 6.41. The minimum absolute atomic E-state index is 0.0853. The first-order chi connectivity index (χ1) is 14.1. The van der Waals surface area contributed by atoms with E-state index < -0.39 is 11.2 Å². The number of halogens is 1. The number of aromatic nitrogens is 4. The molecule has 0 atom stereocenters. The number of aryl methyl sites for hydroxylation is 1. The summed E-state index contributed by atoms with van der Waals surface area (Å²) in [5, 5.41) is 4.30. The molecule has 0 saturated heterocycles. The van der Waals surface area contributed by atoms with Crippen LogP contribution in [0.25, 0.3) is 22.3 Å². The Balaban J connectivity index is 1.42. The van der Waals surface area contributed by atoms with Gasteiger partial charge in [0.15, 0.2) is 11.5 Å². The maximum absolute atomic E-state index is 12.8. The number of nitrogens with one attached hydrogen (secondary N) is 1. The molecule has 0 amide bonds. The molecule has 10 heteroatoms. The summed E-state index contributed by atoms with van der Waals surface area (Å²) in [6.07, 6.45) is 0.239. The molecular weight excluding hydrogens is 444 g/mol. The summed E-state index contributed by atoms with van der Waals surface area (Å²) in [7, 11) is 0. The van der Waals surface area contributed by atoms with E-state index in [4.69, 9.17) is 14.0 Å². The first kappa shape index (κ1) is 17.7.